The minimum atomic E-state index is -2.34. The monoisotopic (exact) mass is 945 g/mol. The normalized spacial score (nSPS) is 30.8. The minimum absolute atomic E-state index is 0.0230. The van der Waals surface area contributed by atoms with Gasteiger partial charge in [0.05, 0.1) is 42.8 Å². The molecule has 1 saturated heterocycles. The standard InChI is InChI=1S/C46H59NO18S/c1-26(29-14-9-7-10-15-29)37(60-34(50)24-57-20-19-56-18-13-21-66-65-64-63-47)42(54)59-31-23-46(55)40(61-41(53)30-16-11-8-12-17-30)38-44(6,39(52)36(51)35(27(31)2)43(46,4)5)32(49)22-33-45(38,25-58-33)62-28(3)48/h7-12,14-17,26,31-33,36-38,40,49,51,55H,13,18-25,47H2,1-6H3/t26-,31-,32-,33+,36+,37+,38-,40?,44+,45-,46?/m0/s1. The van der Waals surface area contributed by atoms with Crippen LogP contribution in [0.5, 0.6) is 0 Å². The average molecular weight is 946 g/mol. The van der Waals surface area contributed by atoms with Crippen LogP contribution in [0.15, 0.2) is 71.8 Å². The Bertz CT molecular complexity index is 2090. The van der Waals surface area contributed by atoms with Crippen molar-refractivity contribution in [2.24, 2.45) is 22.6 Å². The third-order valence-corrected chi connectivity index (χ3v) is 14.3. The Labute approximate surface area is 386 Å². The Hall–Kier alpha value is -4.32. The number of carbonyl (C=O) groups excluding carboxylic acids is 5. The Balaban J connectivity index is 1.33. The maximum Gasteiger partial charge on any atom is 0.348 e. The molecule has 20 heteroatoms. The molecule has 5 N–H and O–H groups in total. The summed E-state index contributed by atoms with van der Waals surface area (Å²) in [7, 11) is 0. The van der Waals surface area contributed by atoms with Gasteiger partial charge in [-0.3, -0.25) is 9.59 Å². The predicted molar refractivity (Wildman–Crippen MR) is 230 cm³/mol. The second-order valence-corrected chi connectivity index (χ2v) is 18.6. The lowest BCUT2D eigenvalue weighted by Gasteiger charge is -2.67. The molecule has 0 spiro atoms. The summed E-state index contributed by atoms with van der Waals surface area (Å²) in [6.07, 6.45) is -9.41. The zero-order valence-electron chi connectivity index (χ0n) is 37.7. The van der Waals surface area contributed by atoms with Crippen molar-refractivity contribution in [3.63, 3.8) is 0 Å². The zero-order chi connectivity index (χ0) is 48.0. The third kappa shape index (κ3) is 9.95. The fraction of sp³-hybridized carbons (Fsp3) is 0.587. The summed E-state index contributed by atoms with van der Waals surface area (Å²) >= 11 is 0.962. The van der Waals surface area contributed by atoms with E-state index in [0.29, 0.717) is 24.3 Å². The topological polar surface area (TPSA) is 264 Å². The van der Waals surface area contributed by atoms with Crippen LogP contribution in [0.2, 0.25) is 0 Å². The maximum atomic E-state index is 15.1. The molecule has 1 heterocycles. The molecule has 0 amide bonds. The summed E-state index contributed by atoms with van der Waals surface area (Å²) in [6.45, 7) is 8.59. The van der Waals surface area contributed by atoms with E-state index in [1.54, 1.807) is 76.2 Å². The molecule has 2 aromatic rings. The molecule has 4 aliphatic rings. The number of carbonyl (C=O) groups is 5. The highest BCUT2D eigenvalue weighted by molar-refractivity contribution is 7.94. The number of fused-ring (bicyclic) bond motifs is 5. The number of rotatable bonds is 20. The van der Waals surface area contributed by atoms with Gasteiger partial charge in [0.1, 0.15) is 36.6 Å². The van der Waals surface area contributed by atoms with Crippen molar-refractivity contribution in [2.45, 2.75) is 115 Å². The lowest BCUT2D eigenvalue weighted by molar-refractivity contribution is -0.464. The average Bonchev–Trinajstić information content (AvgIpc) is 3.28. The number of Topliss-reactive ketones (excluding diaryl/α,β-unsaturated/α-hetero) is 1. The molecule has 0 aromatic heterocycles. The Morgan fingerprint density at radius 2 is 1.62 bits per heavy atom. The van der Waals surface area contributed by atoms with E-state index in [4.69, 9.17) is 39.1 Å². The van der Waals surface area contributed by atoms with Crippen LogP contribution in [0.25, 0.3) is 0 Å². The van der Waals surface area contributed by atoms with Gasteiger partial charge in [-0.05, 0) is 54.1 Å². The summed E-state index contributed by atoms with van der Waals surface area (Å²) in [5.41, 5.74) is -6.86. The number of ether oxygens (including phenoxy) is 7. The van der Waals surface area contributed by atoms with E-state index >= 15 is 4.79 Å². The molecule has 2 aromatic carbocycles. The van der Waals surface area contributed by atoms with Gasteiger partial charge in [0.15, 0.2) is 11.4 Å². The first-order chi connectivity index (χ1) is 31.3. The molecular formula is C46H59NO18S. The highest BCUT2D eigenvalue weighted by atomic mass is 32.2. The Morgan fingerprint density at radius 3 is 2.26 bits per heavy atom. The molecule has 362 valence electrons. The lowest BCUT2D eigenvalue weighted by Crippen LogP contribution is -2.81. The number of aliphatic hydroxyl groups excluding tert-OH is 2. The summed E-state index contributed by atoms with van der Waals surface area (Å²) in [5.74, 6) is -1.60. The van der Waals surface area contributed by atoms with Crippen LogP contribution in [0, 0.1) is 16.7 Å². The van der Waals surface area contributed by atoms with Crippen molar-refractivity contribution in [3.05, 3.63) is 82.9 Å². The first-order valence-electron chi connectivity index (χ1n) is 21.7. The van der Waals surface area contributed by atoms with Gasteiger partial charge >= 0.3 is 23.9 Å². The number of esters is 4. The molecule has 2 saturated carbocycles. The SMILES string of the molecule is CC(=O)O[C@@]12CO[C@@H]1C[C@H](O)[C@@]1(C)C(=O)[C@H](O)C3=C(C)[C@@H](OC(=O)[C@H](OC(=O)COCCOCCCSOOON)[C@@H](C)c4ccccc4)CC(O)(C(OC(=O)c4ccccc4)[C@H]21)C3(C)C. The second-order valence-electron chi connectivity index (χ2n) is 17.8. The predicted octanol–water partition coefficient (Wildman–Crippen LogP) is 3.17. The van der Waals surface area contributed by atoms with Crippen LogP contribution in [0.1, 0.15) is 82.6 Å². The molecule has 3 fully saturated rings. The van der Waals surface area contributed by atoms with Gasteiger partial charge < -0.3 is 48.5 Å². The molecule has 0 radical (unpaired) electrons. The number of nitrogens with two attached hydrogens (primary N) is 1. The third-order valence-electron chi connectivity index (χ3n) is 13.7. The van der Waals surface area contributed by atoms with Crippen molar-refractivity contribution >= 4 is 41.7 Å². The smallest absolute Gasteiger partial charge is 0.348 e. The van der Waals surface area contributed by atoms with E-state index in [-0.39, 0.29) is 43.0 Å². The van der Waals surface area contributed by atoms with E-state index in [2.05, 4.69) is 14.4 Å². The first kappa shape index (κ1) is 51.1. The summed E-state index contributed by atoms with van der Waals surface area (Å²) in [6, 6.07) is 16.7. The van der Waals surface area contributed by atoms with Crippen LogP contribution in [0.3, 0.4) is 0 Å². The van der Waals surface area contributed by atoms with E-state index in [1.165, 1.54) is 19.1 Å². The van der Waals surface area contributed by atoms with Crippen molar-refractivity contribution < 1.29 is 86.8 Å². The Kier molecular flexibility index (Phi) is 16.5. The summed E-state index contributed by atoms with van der Waals surface area (Å²) in [5, 5.41) is 41.9. The number of ketones is 1. The van der Waals surface area contributed by atoms with Gasteiger partial charge in [0.2, 0.25) is 6.10 Å². The van der Waals surface area contributed by atoms with E-state index in [0.717, 1.165) is 19.0 Å². The van der Waals surface area contributed by atoms with Gasteiger partial charge in [-0.25, -0.2) is 14.4 Å². The quantitative estimate of drug-likeness (QED) is 0.0282. The fourth-order valence-corrected chi connectivity index (χ4v) is 10.5. The molecule has 66 heavy (non-hydrogen) atoms. The van der Waals surface area contributed by atoms with Gasteiger partial charge in [0.25, 0.3) is 0 Å². The van der Waals surface area contributed by atoms with Crippen LogP contribution in [-0.4, -0.2) is 132 Å². The van der Waals surface area contributed by atoms with Crippen molar-refractivity contribution in [3.8, 4) is 0 Å². The van der Waals surface area contributed by atoms with Gasteiger partial charge in [0, 0.05) is 55.5 Å². The minimum Gasteiger partial charge on any atom is -0.455 e. The number of aliphatic hydroxyl groups is 3. The van der Waals surface area contributed by atoms with Crippen LogP contribution in [-0.2, 0) is 66.7 Å². The van der Waals surface area contributed by atoms with Crippen molar-refractivity contribution in [2.75, 3.05) is 38.8 Å². The molecule has 2 unspecified atom stereocenters. The van der Waals surface area contributed by atoms with Crippen LogP contribution < -0.4 is 5.90 Å². The zero-order valence-corrected chi connectivity index (χ0v) is 38.5. The molecular weight excluding hydrogens is 887 g/mol. The number of hydrogen-bond donors (Lipinski definition) is 4. The number of benzene rings is 2. The maximum absolute atomic E-state index is 15.1. The fourth-order valence-electron chi connectivity index (χ4n) is 10.1. The molecule has 1 aliphatic heterocycles. The van der Waals surface area contributed by atoms with Crippen molar-refractivity contribution in [1.82, 2.24) is 0 Å². The Morgan fingerprint density at radius 1 is 0.955 bits per heavy atom. The molecule has 19 nitrogen and oxygen atoms in total. The van der Waals surface area contributed by atoms with E-state index in [9.17, 15) is 34.5 Å². The largest absolute Gasteiger partial charge is 0.455 e. The number of hydrogen-bond acceptors (Lipinski definition) is 20. The molecule has 6 rings (SSSR count). The summed E-state index contributed by atoms with van der Waals surface area (Å²) in [4.78, 5) is 74.0. The molecule has 3 aliphatic carbocycles. The highest BCUT2D eigenvalue weighted by Gasteiger charge is 2.78. The van der Waals surface area contributed by atoms with E-state index < -0.39 is 113 Å². The molecule has 2 bridgehead atoms. The highest BCUT2D eigenvalue weighted by Crippen LogP contribution is 2.64. The summed E-state index contributed by atoms with van der Waals surface area (Å²) < 4.78 is 45.8. The van der Waals surface area contributed by atoms with Crippen LogP contribution >= 0.6 is 12.0 Å². The van der Waals surface area contributed by atoms with Gasteiger partial charge in [-0.15, -0.1) is 9.32 Å². The lowest BCUT2D eigenvalue weighted by atomic mass is 9.44. The first-order valence-corrected chi connectivity index (χ1v) is 22.6. The van der Waals surface area contributed by atoms with Gasteiger partial charge in [-0.2, -0.15) is 5.90 Å². The second kappa shape index (κ2) is 21.3. The van der Waals surface area contributed by atoms with E-state index in [1.807, 2.05) is 0 Å². The van der Waals surface area contributed by atoms with Crippen LogP contribution in [0.4, 0.5) is 0 Å². The van der Waals surface area contributed by atoms with Crippen molar-refractivity contribution in [1.29, 1.82) is 0 Å². The molecule has 11 atom stereocenters. The van der Waals surface area contributed by atoms with Gasteiger partial charge in [-0.1, -0.05) is 69.3 Å².